The smallest absolute Gasteiger partial charge is 0.190 e. The van der Waals surface area contributed by atoms with Crippen LogP contribution in [-0.4, -0.2) is 29.8 Å². The molecule has 0 aliphatic heterocycles. The Morgan fingerprint density at radius 2 is 2.06 bits per heavy atom. The first-order valence-electron chi connectivity index (χ1n) is 4.97. The minimum absolute atomic E-state index is 0. The van der Waals surface area contributed by atoms with Crippen LogP contribution in [0.1, 0.15) is 17.0 Å². The summed E-state index contributed by atoms with van der Waals surface area (Å²) in [6, 6.07) is 0. The van der Waals surface area contributed by atoms with Crippen molar-refractivity contribution in [1.29, 1.82) is 0 Å². The Labute approximate surface area is 114 Å². The Hall–Kier alpha value is -0.790. The molecule has 0 saturated carbocycles. The molecule has 5 nitrogen and oxygen atoms in total. The molecule has 0 aromatic carbocycles. The molecule has 0 amide bonds. The number of guanidine groups is 1. The van der Waals surface area contributed by atoms with Crippen molar-refractivity contribution < 1.29 is 0 Å². The minimum Gasteiger partial charge on any atom is -0.359 e. The molecule has 6 heteroatoms. The van der Waals surface area contributed by atoms with E-state index in [0.29, 0.717) is 0 Å². The highest BCUT2D eigenvalue weighted by atomic mass is 127. The van der Waals surface area contributed by atoms with E-state index in [1.807, 2.05) is 25.7 Å². The highest BCUT2D eigenvalue weighted by molar-refractivity contribution is 14.0. The molecule has 0 bridgehead atoms. The first-order chi connectivity index (χ1) is 7.10. The van der Waals surface area contributed by atoms with E-state index in [2.05, 4.69) is 27.6 Å². The van der Waals surface area contributed by atoms with Gasteiger partial charge in [0.15, 0.2) is 5.96 Å². The van der Waals surface area contributed by atoms with Gasteiger partial charge in [-0.15, -0.1) is 24.0 Å². The second kappa shape index (κ2) is 6.72. The van der Waals surface area contributed by atoms with Gasteiger partial charge in [0.05, 0.1) is 5.69 Å². The molecule has 1 aromatic rings. The maximum atomic E-state index is 4.36. The summed E-state index contributed by atoms with van der Waals surface area (Å²) < 4.78 is 1.90. The zero-order valence-electron chi connectivity index (χ0n) is 10.5. The van der Waals surface area contributed by atoms with E-state index in [9.17, 15) is 0 Å². The number of aromatic nitrogens is 2. The molecule has 2 N–H and O–H groups in total. The molecular weight excluding hydrogens is 317 g/mol. The molecule has 16 heavy (non-hydrogen) atoms. The Morgan fingerprint density at radius 1 is 1.44 bits per heavy atom. The minimum atomic E-state index is 0. The van der Waals surface area contributed by atoms with Crippen LogP contribution in [0.3, 0.4) is 0 Å². The van der Waals surface area contributed by atoms with Gasteiger partial charge in [0, 0.05) is 38.9 Å². The van der Waals surface area contributed by atoms with Gasteiger partial charge < -0.3 is 10.6 Å². The van der Waals surface area contributed by atoms with Crippen LogP contribution < -0.4 is 10.6 Å². The second-order valence-corrected chi connectivity index (χ2v) is 3.45. The van der Waals surface area contributed by atoms with Gasteiger partial charge >= 0.3 is 0 Å². The van der Waals surface area contributed by atoms with Crippen LogP contribution >= 0.6 is 24.0 Å². The molecule has 0 unspecified atom stereocenters. The number of aryl methyl sites for hydroxylation is 2. The van der Waals surface area contributed by atoms with Gasteiger partial charge in [-0.25, -0.2) is 0 Å². The lowest BCUT2D eigenvalue weighted by molar-refractivity contribution is 0.729. The van der Waals surface area contributed by atoms with Crippen molar-refractivity contribution in [1.82, 2.24) is 20.4 Å². The maximum absolute atomic E-state index is 4.36. The standard InChI is InChI=1S/C10H19N5.HI/c1-7-9(8(2)15(5)14-7)6-13-10(11-3)12-4;/h6H2,1-5H3,(H2,11,12,13);1H. The quantitative estimate of drug-likeness (QED) is 0.480. The monoisotopic (exact) mass is 337 g/mol. The van der Waals surface area contributed by atoms with Gasteiger partial charge in [-0.05, 0) is 13.8 Å². The average molecular weight is 337 g/mol. The summed E-state index contributed by atoms with van der Waals surface area (Å²) in [4.78, 5) is 4.05. The van der Waals surface area contributed by atoms with Crippen LogP contribution in [0.15, 0.2) is 4.99 Å². The molecule has 0 fully saturated rings. The van der Waals surface area contributed by atoms with Crippen molar-refractivity contribution in [2.45, 2.75) is 20.4 Å². The van der Waals surface area contributed by atoms with E-state index in [1.54, 1.807) is 7.05 Å². The lowest BCUT2D eigenvalue weighted by Crippen LogP contribution is -2.34. The first-order valence-corrected chi connectivity index (χ1v) is 4.97. The van der Waals surface area contributed by atoms with E-state index < -0.39 is 0 Å². The van der Waals surface area contributed by atoms with Crippen molar-refractivity contribution in [3.63, 3.8) is 0 Å². The summed E-state index contributed by atoms with van der Waals surface area (Å²) in [6.45, 7) is 4.84. The Bertz CT molecular complexity index is 370. The molecular formula is C10H20IN5. The number of aliphatic imine (C=N–C) groups is 1. The highest BCUT2D eigenvalue weighted by Gasteiger charge is 2.08. The lowest BCUT2D eigenvalue weighted by Gasteiger charge is -2.08. The zero-order valence-corrected chi connectivity index (χ0v) is 12.8. The van der Waals surface area contributed by atoms with Gasteiger partial charge in [-0.1, -0.05) is 0 Å². The predicted octanol–water partition coefficient (Wildman–Crippen LogP) is 0.950. The van der Waals surface area contributed by atoms with E-state index in [4.69, 9.17) is 0 Å². The number of rotatable bonds is 2. The van der Waals surface area contributed by atoms with Crippen LogP contribution in [0.5, 0.6) is 0 Å². The molecule has 1 heterocycles. The molecule has 0 spiro atoms. The zero-order chi connectivity index (χ0) is 11.4. The number of nitrogens with zero attached hydrogens (tertiary/aromatic N) is 3. The van der Waals surface area contributed by atoms with Gasteiger partial charge in [-0.2, -0.15) is 5.10 Å². The van der Waals surface area contributed by atoms with E-state index >= 15 is 0 Å². The lowest BCUT2D eigenvalue weighted by atomic mass is 10.2. The topological polar surface area (TPSA) is 54.2 Å². The van der Waals surface area contributed by atoms with Crippen LogP contribution in [0.2, 0.25) is 0 Å². The van der Waals surface area contributed by atoms with Crippen LogP contribution in [-0.2, 0) is 13.6 Å². The van der Waals surface area contributed by atoms with E-state index in [1.165, 1.54) is 11.3 Å². The van der Waals surface area contributed by atoms with Gasteiger partial charge in [0.25, 0.3) is 0 Å². The van der Waals surface area contributed by atoms with Crippen LogP contribution in [0, 0.1) is 13.8 Å². The Balaban J connectivity index is 0.00000225. The molecule has 0 radical (unpaired) electrons. The predicted molar refractivity (Wildman–Crippen MR) is 77.4 cm³/mol. The van der Waals surface area contributed by atoms with Crippen molar-refractivity contribution in [3.8, 4) is 0 Å². The number of nitrogens with one attached hydrogen (secondary N) is 2. The molecule has 1 aromatic heterocycles. The number of hydrogen-bond acceptors (Lipinski definition) is 2. The third-order valence-electron chi connectivity index (χ3n) is 2.55. The Kier molecular flexibility index (Phi) is 6.39. The first kappa shape index (κ1) is 15.2. The summed E-state index contributed by atoms with van der Waals surface area (Å²) >= 11 is 0. The summed E-state index contributed by atoms with van der Waals surface area (Å²) in [6.07, 6.45) is 0. The van der Waals surface area contributed by atoms with Gasteiger partial charge in [0.2, 0.25) is 0 Å². The number of hydrogen-bond donors (Lipinski definition) is 2. The van der Waals surface area contributed by atoms with Crippen LogP contribution in [0.25, 0.3) is 0 Å². The number of halogens is 1. The van der Waals surface area contributed by atoms with E-state index in [-0.39, 0.29) is 24.0 Å². The molecule has 0 aliphatic rings. The SMILES string of the molecule is CN=C(NC)NCc1c(C)nn(C)c1C.I. The fourth-order valence-electron chi connectivity index (χ4n) is 1.52. The summed E-state index contributed by atoms with van der Waals surface area (Å²) in [5.74, 6) is 0.789. The highest BCUT2D eigenvalue weighted by Crippen LogP contribution is 2.10. The summed E-state index contributed by atoms with van der Waals surface area (Å²) in [5, 5.41) is 10.6. The van der Waals surface area contributed by atoms with Gasteiger partial charge in [-0.3, -0.25) is 9.67 Å². The molecule has 0 saturated heterocycles. The molecule has 1 rings (SSSR count). The second-order valence-electron chi connectivity index (χ2n) is 3.45. The van der Waals surface area contributed by atoms with E-state index in [0.717, 1.165) is 18.2 Å². The normalized spacial score (nSPS) is 10.9. The molecule has 0 aliphatic carbocycles. The largest absolute Gasteiger partial charge is 0.359 e. The Morgan fingerprint density at radius 3 is 2.44 bits per heavy atom. The van der Waals surface area contributed by atoms with Crippen molar-refractivity contribution in [3.05, 3.63) is 17.0 Å². The molecule has 92 valence electrons. The van der Waals surface area contributed by atoms with Crippen molar-refractivity contribution in [2.75, 3.05) is 14.1 Å². The summed E-state index contributed by atoms with van der Waals surface area (Å²) in [5.41, 5.74) is 3.48. The summed E-state index contributed by atoms with van der Waals surface area (Å²) in [7, 11) is 5.55. The third kappa shape index (κ3) is 3.36. The van der Waals surface area contributed by atoms with Crippen molar-refractivity contribution in [2.24, 2.45) is 12.0 Å². The van der Waals surface area contributed by atoms with Crippen LogP contribution in [0.4, 0.5) is 0 Å². The fourth-order valence-corrected chi connectivity index (χ4v) is 1.52. The molecule has 0 atom stereocenters. The third-order valence-corrected chi connectivity index (χ3v) is 2.55. The van der Waals surface area contributed by atoms with Crippen molar-refractivity contribution >= 4 is 29.9 Å². The van der Waals surface area contributed by atoms with Gasteiger partial charge in [0.1, 0.15) is 0 Å². The fraction of sp³-hybridized carbons (Fsp3) is 0.600. The maximum Gasteiger partial charge on any atom is 0.190 e. The average Bonchev–Trinajstić information content (AvgIpc) is 2.45.